The number of carboxylic acid groups (broad SMARTS) is 1. The Morgan fingerprint density at radius 1 is 0.966 bits per heavy atom. The molecule has 0 aliphatic rings. The molecule has 29 heavy (non-hydrogen) atoms. The quantitative estimate of drug-likeness (QED) is 0.481. The van der Waals surface area contributed by atoms with Gasteiger partial charge in [0.2, 0.25) is 0 Å². The number of carbonyl (C=O) groups excluding carboxylic acids is 1. The molecule has 4 N–H and O–H groups in total. The number of ether oxygens (including phenoxy) is 1. The monoisotopic (exact) mass is 402 g/mol. The Bertz CT molecular complexity index is 870. The van der Waals surface area contributed by atoms with Crippen LogP contribution in [0.15, 0.2) is 30.3 Å². The lowest BCUT2D eigenvalue weighted by atomic mass is 9.95. The topological polar surface area (TPSA) is 124 Å². The van der Waals surface area contributed by atoms with Gasteiger partial charge in [0.1, 0.15) is 28.8 Å². The molecule has 0 aliphatic heterocycles. The first kappa shape index (κ1) is 22.1. The van der Waals surface area contributed by atoms with Crippen LogP contribution < -0.4 is 4.74 Å². The number of aromatic hydroxyl groups is 3. The number of benzene rings is 2. The van der Waals surface area contributed by atoms with E-state index in [1.165, 1.54) is 12.1 Å². The molecular formula is C22H26O7. The summed E-state index contributed by atoms with van der Waals surface area (Å²) in [7, 11) is 0. The third-order valence-electron chi connectivity index (χ3n) is 4.46. The molecule has 7 heteroatoms. The molecule has 0 atom stereocenters. The minimum Gasteiger partial charge on any atom is -0.508 e. The summed E-state index contributed by atoms with van der Waals surface area (Å²) in [5.41, 5.74) is 1.23. The Labute approximate surface area is 169 Å². The SMILES string of the molecule is CC(C)CCc1c(O)cc(O)c(CC(=O)Cc2ccc(O)cc2)c1OCC(=O)O. The summed E-state index contributed by atoms with van der Waals surface area (Å²) in [5.74, 6) is -1.49. The zero-order valence-electron chi connectivity index (χ0n) is 16.5. The van der Waals surface area contributed by atoms with Crippen LogP contribution in [0, 0.1) is 5.92 Å². The normalized spacial score (nSPS) is 10.9. The van der Waals surface area contributed by atoms with E-state index in [2.05, 4.69) is 0 Å². The molecule has 0 radical (unpaired) electrons. The van der Waals surface area contributed by atoms with Crippen molar-refractivity contribution in [2.45, 2.75) is 39.5 Å². The number of hydrogen-bond acceptors (Lipinski definition) is 6. The molecule has 2 rings (SSSR count). The standard InChI is InChI=1S/C22H26O7/c1-13(2)3-8-17-19(25)11-20(26)18(22(17)29-12-21(27)28)10-16(24)9-14-4-6-15(23)7-5-14/h4-7,11,13,23,25-26H,3,8-10,12H2,1-2H3,(H,27,28). The summed E-state index contributed by atoms with van der Waals surface area (Å²) in [6.07, 6.45) is 1.01. The molecule has 156 valence electrons. The van der Waals surface area contributed by atoms with E-state index in [0.717, 1.165) is 6.07 Å². The molecule has 0 bridgehead atoms. The van der Waals surface area contributed by atoms with Gasteiger partial charge < -0.3 is 25.2 Å². The predicted molar refractivity (Wildman–Crippen MR) is 107 cm³/mol. The molecule has 0 unspecified atom stereocenters. The zero-order valence-corrected chi connectivity index (χ0v) is 16.5. The molecule has 0 saturated carbocycles. The van der Waals surface area contributed by atoms with Crippen molar-refractivity contribution in [1.29, 1.82) is 0 Å². The van der Waals surface area contributed by atoms with Crippen molar-refractivity contribution in [2.75, 3.05) is 6.61 Å². The molecule has 2 aromatic rings. The highest BCUT2D eigenvalue weighted by molar-refractivity contribution is 5.85. The van der Waals surface area contributed by atoms with Crippen LogP contribution in [0.4, 0.5) is 0 Å². The van der Waals surface area contributed by atoms with Gasteiger partial charge in [-0.2, -0.15) is 0 Å². The molecule has 0 spiro atoms. The molecule has 0 fully saturated rings. The lowest BCUT2D eigenvalue weighted by molar-refractivity contribution is -0.139. The van der Waals surface area contributed by atoms with Gasteiger partial charge in [0, 0.05) is 30.0 Å². The third kappa shape index (κ3) is 6.41. The number of Topliss-reactive ketones (excluding diaryl/α,β-unsaturated/α-hetero) is 1. The Morgan fingerprint density at radius 2 is 1.59 bits per heavy atom. The van der Waals surface area contributed by atoms with E-state index in [4.69, 9.17) is 9.84 Å². The van der Waals surface area contributed by atoms with Crippen molar-refractivity contribution in [2.24, 2.45) is 5.92 Å². The summed E-state index contributed by atoms with van der Waals surface area (Å²) in [5, 5.41) is 38.9. The molecular weight excluding hydrogens is 376 g/mol. The number of carbonyl (C=O) groups is 2. The van der Waals surface area contributed by atoms with Gasteiger partial charge in [-0.3, -0.25) is 4.79 Å². The molecule has 2 aromatic carbocycles. The van der Waals surface area contributed by atoms with E-state index in [9.17, 15) is 24.9 Å². The van der Waals surface area contributed by atoms with Crippen molar-refractivity contribution < 1.29 is 34.8 Å². The fourth-order valence-electron chi connectivity index (χ4n) is 2.97. The van der Waals surface area contributed by atoms with E-state index in [0.29, 0.717) is 29.9 Å². The maximum absolute atomic E-state index is 12.6. The predicted octanol–water partition coefficient (Wildman–Crippen LogP) is 3.21. The highest BCUT2D eigenvalue weighted by Crippen LogP contribution is 2.40. The first-order chi connectivity index (χ1) is 13.7. The fourth-order valence-corrected chi connectivity index (χ4v) is 2.97. The van der Waals surface area contributed by atoms with Crippen LogP contribution in [0.25, 0.3) is 0 Å². The first-order valence-corrected chi connectivity index (χ1v) is 9.38. The van der Waals surface area contributed by atoms with E-state index in [1.807, 2.05) is 13.8 Å². The van der Waals surface area contributed by atoms with Crippen molar-refractivity contribution >= 4 is 11.8 Å². The lowest BCUT2D eigenvalue weighted by Gasteiger charge is -2.18. The van der Waals surface area contributed by atoms with Crippen LogP contribution in [-0.4, -0.2) is 38.8 Å². The number of aliphatic carboxylic acids is 1. The first-order valence-electron chi connectivity index (χ1n) is 9.38. The van der Waals surface area contributed by atoms with Crippen molar-refractivity contribution in [3.05, 3.63) is 47.0 Å². The Balaban J connectivity index is 2.33. The summed E-state index contributed by atoms with van der Waals surface area (Å²) in [6.45, 7) is 3.37. The smallest absolute Gasteiger partial charge is 0.341 e. The highest BCUT2D eigenvalue weighted by Gasteiger charge is 2.22. The Morgan fingerprint density at radius 3 is 2.17 bits per heavy atom. The van der Waals surface area contributed by atoms with Crippen LogP contribution in [0.1, 0.15) is 37.0 Å². The molecule has 0 aromatic heterocycles. The minimum absolute atomic E-state index is 0.0459. The van der Waals surface area contributed by atoms with Crippen molar-refractivity contribution in [1.82, 2.24) is 0 Å². The van der Waals surface area contributed by atoms with Gasteiger partial charge in [-0.15, -0.1) is 0 Å². The van der Waals surface area contributed by atoms with Gasteiger partial charge in [0.15, 0.2) is 6.61 Å². The average molecular weight is 402 g/mol. The van der Waals surface area contributed by atoms with Crippen LogP contribution in [0.2, 0.25) is 0 Å². The summed E-state index contributed by atoms with van der Waals surface area (Å²) in [6, 6.07) is 7.37. The van der Waals surface area contributed by atoms with E-state index in [1.54, 1.807) is 12.1 Å². The number of phenolic OH excluding ortho intramolecular Hbond substituents is 3. The Hall–Kier alpha value is -3.22. The van der Waals surface area contributed by atoms with Crippen LogP contribution in [0.5, 0.6) is 23.0 Å². The minimum atomic E-state index is -1.20. The highest BCUT2D eigenvalue weighted by atomic mass is 16.5. The number of phenols is 3. The molecule has 0 heterocycles. The Kier molecular flexibility index (Phi) is 7.47. The van der Waals surface area contributed by atoms with E-state index in [-0.39, 0.29) is 47.2 Å². The second-order valence-electron chi connectivity index (χ2n) is 7.37. The van der Waals surface area contributed by atoms with Gasteiger partial charge in [-0.05, 0) is 36.5 Å². The molecule has 0 amide bonds. The second-order valence-corrected chi connectivity index (χ2v) is 7.37. The van der Waals surface area contributed by atoms with Crippen molar-refractivity contribution in [3.8, 4) is 23.0 Å². The van der Waals surface area contributed by atoms with Gasteiger partial charge in [-0.1, -0.05) is 26.0 Å². The van der Waals surface area contributed by atoms with Crippen LogP contribution >= 0.6 is 0 Å². The summed E-state index contributed by atoms with van der Waals surface area (Å²) >= 11 is 0. The van der Waals surface area contributed by atoms with Gasteiger partial charge in [0.05, 0.1) is 0 Å². The maximum atomic E-state index is 12.6. The van der Waals surface area contributed by atoms with E-state index >= 15 is 0 Å². The maximum Gasteiger partial charge on any atom is 0.341 e. The zero-order chi connectivity index (χ0) is 21.6. The average Bonchev–Trinajstić information content (AvgIpc) is 2.63. The number of carboxylic acids is 1. The molecule has 0 aliphatic carbocycles. The number of hydrogen-bond donors (Lipinski definition) is 4. The third-order valence-corrected chi connectivity index (χ3v) is 4.46. The van der Waals surface area contributed by atoms with Crippen LogP contribution in [-0.2, 0) is 28.9 Å². The summed E-state index contributed by atoms with van der Waals surface area (Å²) < 4.78 is 5.39. The largest absolute Gasteiger partial charge is 0.508 e. The van der Waals surface area contributed by atoms with Gasteiger partial charge >= 0.3 is 5.97 Å². The number of rotatable bonds is 10. The van der Waals surface area contributed by atoms with Crippen molar-refractivity contribution in [3.63, 3.8) is 0 Å². The van der Waals surface area contributed by atoms with Gasteiger partial charge in [-0.25, -0.2) is 4.79 Å². The molecule has 0 saturated heterocycles. The van der Waals surface area contributed by atoms with E-state index < -0.39 is 12.6 Å². The molecule has 7 nitrogen and oxygen atoms in total. The number of ketones is 1. The lowest BCUT2D eigenvalue weighted by Crippen LogP contribution is -2.14. The second kappa shape index (κ2) is 9.82. The fraction of sp³-hybridized carbons (Fsp3) is 0.364. The van der Waals surface area contributed by atoms with Crippen LogP contribution in [0.3, 0.4) is 0 Å². The van der Waals surface area contributed by atoms with Gasteiger partial charge in [0.25, 0.3) is 0 Å². The summed E-state index contributed by atoms with van der Waals surface area (Å²) in [4.78, 5) is 23.5.